The monoisotopic (exact) mass is 590 g/mol. The highest BCUT2D eigenvalue weighted by molar-refractivity contribution is 7.96. The number of rotatable bonds is 3. The van der Waals surface area contributed by atoms with Gasteiger partial charge >= 0.3 is 14.5 Å². The Balaban J connectivity index is 0.000000616. The van der Waals surface area contributed by atoms with E-state index in [4.69, 9.17) is 4.74 Å². The summed E-state index contributed by atoms with van der Waals surface area (Å²) < 4.78 is 84.2. The summed E-state index contributed by atoms with van der Waals surface area (Å²) in [6.45, 7) is 6.99. The van der Waals surface area contributed by atoms with E-state index < -0.39 is 14.5 Å². The Morgan fingerprint density at radius 2 is 0.974 bits per heavy atom. The fraction of sp³-hybridized carbons (Fsp3) is 0.520. The van der Waals surface area contributed by atoms with Gasteiger partial charge in [-0.3, -0.25) is 0 Å². The van der Waals surface area contributed by atoms with Crippen LogP contribution in [0.1, 0.15) is 59.1 Å². The predicted molar refractivity (Wildman–Crippen MR) is 150 cm³/mol. The Morgan fingerprint density at radius 1 is 0.684 bits per heavy atom. The Morgan fingerprint density at radius 3 is 1.18 bits per heavy atom. The maximum Gasteiger partial charge on any atom is 0.673 e. The molecule has 1 nitrogen and oxygen atoms in total. The van der Waals surface area contributed by atoms with Crippen molar-refractivity contribution in [3.8, 4) is 5.75 Å². The SMILES string of the molecule is COc1c2cc(C(C)(C)C)cc1C([S+](C)C)Cc1ccc(cc1)CC2[S+](C)C.F[B-](F)(F)F.F[B-](F)(F)F. The number of halogens is 8. The maximum absolute atomic E-state index is 9.75. The lowest BCUT2D eigenvalue weighted by Gasteiger charge is -2.27. The van der Waals surface area contributed by atoms with Crippen LogP contribution in [0.5, 0.6) is 5.75 Å². The molecule has 2 aliphatic carbocycles. The molecule has 216 valence electrons. The summed E-state index contributed by atoms with van der Waals surface area (Å²) >= 11 is 0. The molecule has 0 spiro atoms. The van der Waals surface area contributed by atoms with Gasteiger partial charge in [0.2, 0.25) is 0 Å². The van der Waals surface area contributed by atoms with E-state index in [1.165, 1.54) is 27.8 Å². The first-order valence-electron chi connectivity index (χ1n) is 11.8. The molecule has 2 aromatic carbocycles. The van der Waals surface area contributed by atoms with Crippen LogP contribution in [-0.2, 0) is 40.0 Å². The Labute approximate surface area is 227 Å². The number of hydrogen-bond donors (Lipinski definition) is 0. The summed E-state index contributed by atoms with van der Waals surface area (Å²) in [7, 11) is -9.62. The molecule has 4 bridgehead atoms. The first-order valence-corrected chi connectivity index (χ1v) is 16.0. The van der Waals surface area contributed by atoms with Crippen LogP contribution < -0.4 is 4.74 Å². The normalized spacial score (nSPS) is 17.7. The fourth-order valence-electron chi connectivity index (χ4n) is 4.12. The van der Waals surface area contributed by atoms with Gasteiger partial charge in [-0.1, -0.05) is 45.0 Å². The zero-order chi connectivity index (χ0) is 29.6. The molecule has 2 aliphatic rings. The summed E-state index contributed by atoms with van der Waals surface area (Å²) in [4.78, 5) is 0. The molecule has 4 rings (SSSR count). The molecular weight excluding hydrogens is 554 g/mol. The van der Waals surface area contributed by atoms with Crippen molar-refractivity contribution in [3.05, 3.63) is 64.2 Å². The highest BCUT2D eigenvalue weighted by Gasteiger charge is 2.36. The molecule has 0 radical (unpaired) electrons. The summed E-state index contributed by atoms with van der Waals surface area (Å²) in [6.07, 6.45) is 11.7. The second-order valence-electron chi connectivity index (χ2n) is 10.4. The van der Waals surface area contributed by atoms with E-state index in [-0.39, 0.29) is 27.2 Å². The topological polar surface area (TPSA) is 9.23 Å². The van der Waals surface area contributed by atoms with Gasteiger partial charge in [-0.15, -0.1) is 0 Å². The van der Waals surface area contributed by atoms with Crippen molar-refractivity contribution >= 4 is 36.3 Å². The lowest BCUT2D eigenvalue weighted by molar-refractivity contribution is 0.366. The van der Waals surface area contributed by atoms with E-state index in [2.05, 4.69) is 82.2 Å². The van der Waals surface area contributed by atoms with Crippen LogP contribution in [0.15, 0.2) is 36.4 Å². The lowest BCUT2D eigenvalue weighted by Crippen LogP contribution is -2.21. The molecule has 38 heavy (non-hydrogen) atoms. The second-order valence-corrected chi connectivity index (χ2v) is 15.0. The van der Waals surface area contributed by atoms with Crippen LogP contribution in [-0.4, -0.2) is 46.6 Å². The largest absolute Gasteiger partial charge is 0.673 e. The molecule has 0 aromatic heterocycles. The first kappa shape index (κ1) is 34.5. The molecule has 2 atom stereocenters. The molecule has 0 amide bonds. The standard InChI is InChI=1S/C25H36OS2.2BF4/c1-25(2,3)19-15-20-22(27(5)6)13-17-9-11-18(12-10-17)14-23(28(7)8)21(16-19)24(20)26-4;2*2-1(3,4)5/h9-12,15-16,22-23H,13-14H2,1-8H3;;/q+2;2*-1. The third-order valence-electron chi connectivity index (χ3n) is 5.91. The van der Waals surface area contributed by atoms with Gasteiger partial charge in [-0.05, 0) is 56.0 Å². The minimum Gasteiger partial charge on any atom is -0.496 e. The number of fused-ring (bicyclic) bond motifs is 4. The van der Waals surface area contributed by atoms with Crippen LogP contribution in [0, 0.1) is 0 Å². The van der Waals surface area contributed by atoms with Gasteiger partial charge in [-0.25, -0.2) is 0 Å². The van der Waals surface area contributed by atoms with E-state index in [0.717, 1.165) is 18.6 Å². The zero-order valence-electron chi connectivity index (χ0n) is 22.9. The van der Waals surface area contributed by atoms with Gasteiger partial charge < -0.3 is 39.3 Å². The van der Waals surface area contributed by atoms with Gasteiger partial charge in [0.05, 0.1) is 32.1 Å². The van der Waals surface area contributed by atoms with Gasteiger partial charge in [0.1, 0.15) is 16.2 Å². The molecule has 0 N–H and O–H groups in total. The molecular formula is C25H36B2F8OS2. The van der Waals surface area contributed by atoms with Crippen LogP contribution in [0.25, 0.3) is 0 Å². The Bertz CT molecular complexity index is 938. The van der Waals surface area contributed by atoms with Crippen molar-refractivity contribution in [2.24, 2.45) is 0 Å². The summed E-state index contributed by atoms with van der Waals surface area (Å²) in [5, 5.41) is 0.965. The van der Waals surface area contributed by atoms with Gasteiger partial charge in [0.15, 0.2) is 0 Å². The molecule has 13 heteroatoms. The molecule has 0 fully saturated rings. The minimum absolute atomic E-state index is 0.126. The van der Waals surface area contributed by atoms with E-state index in [9.17, 15) is 34.5 Å². The number of hydrogen-bond acceptors (Lipinski definition) is 1. The van der Waals surface area contributed by atoms with E-state index in [1.807, 2.05) is 7.11 Å². The third kappa shape index (κ3) is 12.1. The fourth-order valence-corrected chi connectivity index (χ4v) is 6.54. The van der Waals surface area contributed by atoms with Crippen LogP contribution in [0.4, 0.5) is 34.5 Å². The second kappa shape index (κ2) is 13.7. The van der Waals surface area contributed by atoms with Gasteiger partial charge in [0, 0.05) is 24.0 Å². The highest BCUT2D eigenvalue weighted by atomic mass is 32.2. The summed E-state index contributed by atoms with van der Waals surface area (Å²) in [6, 6.07) is 14.3. The van der Waals surface area contributed by atoms with Gasteiger partial charge in [0.25, 0.3) is 0 Å². The number of methoxy groups -OCH3 is 1. The van der Waals surface area contributed by atoms with E-state index in [1.54, 1.807) is 0 Å². The van der Waals surface area contributed by atoms with Crippen LogP contribution in [0.2, 0.25) is 0 Å². The predicted octanol–water partition coefficient (Wildman–Crippen LogP) is 8.23. The lowest BCUT2D eigenvalue weighted by atomic mass is 9.83. The minimum atomic E-state index is -6.00. The first-order chi connectivity index (χ1) is 17.1. The average molecular weight is 590 g/mol. The van der Waals surface area contributed by atoms with Crippen LogP contribution in [0.3, 0.4) is 0 Å². The summed E-state index contributed by atoms with van der Waals surface area (Å²) in [5.74, 6) is 1.15. The van der Waals surface area contributed by atoms with Crippen molar-refractivity contribution in [1.82, 2.24) is 0 Å². The molecule has 0 saturated carbocycles. The third-order valence-corrected chi connectivity index (χ3v) is 9.03. The Kier molecular flexibility index (Phi) is 12.5. The summed E-state index contributed by atoms with van der Waals surface area (Å²) in [5.41, 5.74) is 7.26. The molecule has 2 unspecified atom stereocenters. The molecule has 0 saturated heterocycles. The van der Waals surface area contributed by atoms with E-state index >= 15 is 0 Å². The number of ether oxygens (including phenoxy) is 1. The maximum atomic E-state index is 9.75. The quantitative estimate of drug-likeness (QED) is 0.199. The zero-order valence-corrected chi connectivity index (χ0v) is 24.6. The van der Waals surface area contributed by atoms with Crippen LogP contribution >= 0.6 is 0 Å². The average Bonchev–Trinajstić information content (AvgIpc) is 2.74. The van der Waals surface area contributed by atoms with Crippen molar-refractivity contribution in [2.45, 2.75) is 49.5 Å². The van der Waals surface area contributed by atoms with Crippen molar-refractivity contribution in [3.63, 3.8) is 0 Å². The van der Waals surface area contributed by atoms with Crippen molar-refractivity contribution in [1.29, 1.82) is 0 Å². The van der Waals surface area contributed by atoms with Gasteiger partial charge in [-0.2, -0.15) is 0 Å². The van der Waals surface area contributed by atoms with Crippen molar-refractivity contribution < 1.29 is 39.3 Å². The molecule has 0 aliphatic heterocycles. The smallest absolute Gasteiger partial charge is 0.496 e. The molecule has 2 aromatic rings. The number of benzene rings is 2. The Hall–Kier alpha value is -1.49. The van der Waals surface area contributed by atoms with Crippen molar-refractivity contribution in [2.75, 3.05) is 32.1 Å². The highest BCUT2D eigenvalue weighted by Crippen LogP contribution is 2.44. The molecule has 0 heterocycles. The van der Waals surface area contributed by atoms with E-state index in [0.29, 0.717) is 10.5 Å².